The highest BCUT2D eigenvalue weighted by molar-refractivity contribution is 4.84. The Morgan fingerprint density at radius 3 is 2.38 bits per heavy atom. The lowest BCUT2D eigenvalue weighted by atomic mass is 10.4. The first-order valence-electron chi connectivity index (χ1n) is 4.55. The number of rotatable bonds is 3. The van der Waals surface area contributed by atoms with Crippen LogP contribution in [0.2, 0.25) is 0 Å². The van der Waals surface area contributed by atoms with E-state index in [1.807, 2.05) is 20.8 Å². The predicted octanol–water partition coefficient (Wildman–Crippen LogP) is 0.578. The van der Waals surface area contributed by atoms with E-state index in [1.54, 1.807) is 21.5 Å². The van der Waals surface area contributed by atoms with Gasteiger partial charge < -0.3 is 5.73 Å². The largest absolute Gasteiger partial charge is 0.328 e. The van der Waals surface area contributed by atoms with Crippen LogP contribution in [-0.2, 0) is 6.54 Å². The highest BCUT2D eigenvalue weighted by Crippen LogP contribution is 1.99. The van der Waals surface area contributed by atoms with Crippen molar-refractivity contribution in [2.75, 3.05) is 0 Å². The Morgan fingerprint density at radius 2 is 2.00 bits per heavy atom. The zero-order chi connectivity index (χ0) is 10.0. The summed E-state index contributed by atoms with van der Waals surface area (Å²) in [4.78, 5) is 11.6. The molecule has 1 aromatic rings. The molecule has 4 nitrogen and oxygen atoms in total. The number of imidazole rings is 1. The Hall–Kier alpha value is -1.03. The average Bonchev–Trinajstić information content (AvgIpc) is 2.32. The molecule has 74 valence electrons. The van der Waals surface area contributed by atoms with Crippen LogP contribution < -0.4 is 11.4 Å². The molecule has 0 saturated heterocycles. The SMILES string of the molecule is CC(N)Cn1ccn(C(C)C)c1=O. The minimum Gasteiger partial charge on any atom is -0.326 e. The van der Waals surface area contributed by atoms with Gasteiger partial charge in [-0.15, -0.1) is 0 Å². The lowest BCUT2D eigenvalue weighted by Gasteiger charge is -2.06. The zero-order valence-electron chi connectivity index (χ0n) is 8.40. The maximum absolute atomic E-state index is 11.6. The van der Waals surface area contributed by atoms with Crippen LogP contribution in [0.5, 0.6) is 0 Å². The Kier molecular flexibility index (Phi) is 2.93. The summed E-state index contributed by atoms with van der Waals surface area (Å²) < 4.78 is 3.34. The molecule has 0 aliphatic heterocycles. The van der Waals surface area contributed by atoms with Gasteiger partial charge >= 0.3 is 5.69 Å². The molecule has 1 atom stereocenters. The molecule has 1 aromatic heterocycles. The Labute approximate surface area is 78.0 Å². The van der Waals surface area contributed by atoms with Gasteiger partial charge in [-0.1, -0.05) is 0 Å². The van der Waals surface area contributed by atoms with Gasteiger partial charge in [-0.2, -0.15) is 0 Å². The van der Waals surface area contributed by atoms with Crippen LogP contribution in [0.3, 0.4) is 0 Å². The van der Waals surface area contributed by atoms with Crippen molar-refractivity contribution >= 4 is 0 Å². The number of nitrogens with two attached hydrogens (primary N) is 1. The van der Waals surface area contributed by atoms with Gasteiger partial charge in [-0.05, 0) is 20.8 Å². The summed E-state index contributed by atoms with van der Waals surface area (Å²) in [6.45, 7) is 6.44. The molecule has 0 bridgehead atoms. The fraction of sp³-hybridized carbons (Fsp3) is 0.667. The third-order valence-corrected chi connectivity index (χ3v) is 1.91. The molecule has 1 unspecified atom stereocenters. The maximum Gasteiger partial charge on any atom is 0.328 e. The summed E-state index contributed by atoms with van der Waals surface area (Å²) in [5.74, 6) is 0. The standard InChI is InChI=1S/C9H17N3O/c1-7(2)12-5-4-11(9(12)13)6-8(3)10/h4-5,7-8H,6,10H2,1-3H3. The van der Waals surface area contributed by atoms with Gasteiger partial charge in [0.15, 0.2) is 0 Å². The van der Waals surface area contributed by atoms with Crippen LogP contribution in [0.1, 0.15) is 26.8 Å². The van der Waals surface area contributed by atoms with E-state index in [4.69, 9.17) is 5.73 Å². The Balaban J connectivity index is 2.94. The number of nitrogens with zero attached hydrogens (tertiary/aromatic N) is 2. The van der Waals surface area contributed by atoms with Gasteiger partial charge in [-0.3, -0.25) is 9.13 Å². The molecule has 0 radical (unpaired) electrons. The molecule has 0 aliphatic rings. The Bertz CT molecular complexity index is 322. The van der Waals surface area contributed by atoms with E-state index in [0.29, 0.717) is 6.54 Å². The van der Waals surface area contributed by atoms with Gasteiger partial charge in [0.1, 0.15) is 0 Å². The van der Waals surface area contributed by atoms with Crippen LogP contribution in [0.15, 0.2) is 17.2 Å². The summed E-state index contributed by atoms with van der Waals surface area (Å²) in [5.41, 5.74) is 5.63. The van der Waals surface area contributed by atoms with E-state index in [2.05, 4.69) is 0 Å². The molecule has 1 rings (SSSR count). The first-order chi connectivity index (χ1) is 6.02. The number of hydrogen-bond donors (Lipinski definition) is 1. The summed E-state index contributed by atoms with van der Waals surface area (Å²) in [6.07, 6.45) is 3.58. The van der Waals surface area contributed by atoms with Crippen molar-refractivity contribution in [1.29, 1.82) is 0 Å². The van der Waals surface area contributed by atoms with E-state index in [0.717, 1.165) is 0 Å². The minimum atomic E-state index is 0.0145. The lowest BCUT2D eigenvalue weighted by Crippen LogP contribution is -2.31. The first-order valence-corrected chi connectivity index (χ1v) is 4.55. The maximum atomic E-state index is 11.6. The summed E-state index contributed by atoms with van der Waals surface area (Å²) in [5, 5.41) is 0. The van der Waals surface area contributed by atoms with E-state index in [9.17, 15) is 4.79 Å². The average molecular weight is 183 g/mol. The second-order valence-electron chi connectivity index (χ2n) is 3.71. The van der Waals surface area contributed by atoms with Gasteiger partial charge in [0.2, 0.25) is 0 Å². The molecular formula is C9H17N3O. The summed E-state index contributed by atoms with van der Waals surface area (Å²) >= 11 is 0. The number of aromatic nitrogens is 2. The quantitative estimate of drug-likeness (QED) is 0.745. The predicted molar refractivity (Wildman–Crippen MR) is 52.7 cm³/mol. The third kappa shape index (κ3) is 2.21. The molecule has 0 amide bonds. The topological polar surface area (TPSA) is 52.9 Å². The summed E-state index contributed by atoms with van der Waals surface area (Å²) in [7, 11) is 0. The zero-order valence-corrected chi connectivity index (χ0v) is 8.40. The second kappa shape index (κ2) is 3.79. The second-order valence-corrected chi connectivity index (χ2v) is 3.71. The fourth-order valence-electron chi connectivity index (χ4n) is 1.27. The van der Waals surface area contributed by atoms with Crippen molar-refractivity contribution in [2.24, 2.45) is 5.73 Å². The van der Waals surface area contributed by atoms with Crippen LogP contribution in [0, 0.1) is 0 Å². The normalized spacial score (nSPS) is 13.6. The highest BCUT2D eigenvalue weighted by atomic mass is 16.1. The first kappa shape index (κ1) is 10.1. The van der Waals surface area contributed by atoms with E-state index < -0.39 is 0 Å². The number of hydrogen-bond acceptors (Lipinski definition) is 2. The van der Waals surface area contributed by atoms with Gasteiger partial charge in [0, 0.05) is 31.0 Å². The van der Waals surface area contributed by atoms with Crippen LogP contribution in [-0.4, -0.2) is 15.2 Å². The fourth-order valence-corrected chi connectivity index (χ4v) is 1.27. The molecule has 1 heterocycles. The van der Waals surface area contributed by atoms with Crippen LogP contribution in [0.4, 0.5) is 0 Å². The van der Waals surface area contributed by atoms with Crippen LogP contribution in [0.25, 0.3) is 0 Å². The van der Waals surface area contributed by atoms with Crippen molar-refractivity contribution in [3.05, 3.63) is 22.9 Å². The molecule has 0 saturated carbocycles. The van der Waals surface area contributed by atoms with Gasteiger partial charge in [0.05, 0.1) is 0 Å². The molecule has 4 heteroatoms. The van der Waals surface area contributed by atoms with Crippen molar-refractivity contribution in [1.82, 2.24) is 9.13 Å². The minimum absolute atomic E-state index is 0.0145. The van der Waals surface area contributed by atoms with Gasteiger partial charge in [-0.25, -0.2) is 4.79 Å². The molecule has 0 fully saturated rings. The monoisotopic (exact) mass is 183 g/mol. The van der Waals surface area contributed by atoms with E-state index >= 15 is 0 Å². The molecular weight excluding hydrogens is 166 g/mol. The molecule has 2 N–H and O–H groups in total. The van der Waals surface area contributed by atoms with E-state index in [1.165, 1.54) is 0 Å². The van der Waals surface area contributed by atoms with Gasteiger partial charge in [0.25, 0.3) is 0 Å². The van der Waals surface area contributed by atoms with Crippen LogP contribution >= 0.6 is 0 Å². The van der Waals surface area contributed by atoms with Crippen molar-refractivity contribution in [3.63, 3.8) is 0 Å². The summed E-state index contributed by atoms with van der Waals surface area (Å²) in [6, 6.07) is 0.225. The molecule has 0 aliphatic carbocycles. The Morgan fingerprint density at radius 1 is 1.38 bits per heavy atom. The molecule has 0 spiro atoms. The van der Waals surface area contributed by atoms with Crippen molar-refractivity contribution in [2.45, 2.75) is 39.4 Å². The highest BCUT2D eigenvalue weighted by Gasteiger charge is 2.06. The lowest BCUT2D eigenvalue weighted by molar-refractivity contribution is 0.526. The molecule has 0 aromatic carbocycles. The smallest absolute Gasteiger partial charge is 0.326 e. The third-order valence-electron chi connectivity index (χ3n) is 1.91. The van der Waals surface area contributed by atoms with Crippen molar-refractivity contribution < 1.29 is 0 Å². The van der Waals surface area contributed by atoms with Crippen molar-refractivity contribution in [3.8, 4) is 0 Å². The van der Waals surface area contributed by atoms with E-state index in [-0.39, 0.29) is 17.8 Å². The molecule has 13 heavy (non-hydrogen) atoms.